The summed E-state index contributed by atoms with van der Waals surface area (Å²) in [5.74, 6) is 0.465. The normalized spacial score (nSPS) is 12.0. The van der Waals surface area contributed by atoms with Gasteiger partial charge in [-0.15, -0.1) is 0 Å². The molecule has 22 heavy (non-hydrogen) atoms. The van der Waals surface area contributed by atoms with E-state index in [1.807, 2.05) is 12.1 Å². The first-order valence-corrected chi connectivity index (χ1v) is 8.45. The average molecular weight is 531 g/mol. The Balaban J connectivity index is 2.23. The van der Waals surface area contributed by atoms with Gasteiger partial charge in [0, 0.05) is 0 Å². The van der Waals surface area contributed by atoms with Crippen molar-refractivity contribution < 1.29 is 19.7 Å². The molecule has 2 aromatic carbocycles. The first-order chi connectivity index (χ1) is 10.4. The maximum atomic E-state index is 10.8. The second-order valence-electron chi connectivity index (χ2n) is 4.63. The van der Waals surface area contributed by atoms with Gasteiger partial charge in [0.2, 0.25) is 0 Å². The van der Waals surface area contributed by atoms with E-state index in [1.54, 1.807) is 24.3 Å². The third-order valence-electron chi connectivity index (χ3n) is 2.89. The summed E-state index contributed by atoms with van der Waals surface area (Å²) in [5, 5.41) is 18.2. The van der Waals surface area contributed by atoms with Crippen molar-refractivity contribution in [2.75, 3.05) is 0 Å². The van der Waals surface area contributed by atoms with Gasteiger partial charge in [0.15, 0.2) is 5.75 Å². The quantitative estimate of drug-likeness (QED) is 0.516. The Kier molecular flexibility index (Phi) is 5.87. The number of aliphatic carboxylic acids is 1. The Morgan fingerprint density at radius 2 is 1.73 bits per heavy atom. The van der Waals surface area contributed by atoms with Crippen molar-refractivity contribution in [2.45, 2.75) is 12.5 Å². The van der Waals surface area contributed by atoms with Crippen LogP contribution in [0.15, 0.2) is 36.4 Å². The van der Waals surface area contributed by atoms with Gasteiger partial charge in [0.1, 0.15) is 17.5 Å². The van der Waals surface area contributed by atoms with Crippen LogP contribution >= 0.6 is 45.2 Å². The van der Waals surface area contributed by atoms with Gasteiger partial charge in [-0.25, -0.2) is 0 Å². The lowest BCUT2D eigenvalue weighted by molar-refractivity contribution is -0.138. The van der Waals surface area contributed by atoms with Gasteiger partial charge >= 0.3 is 5.97 Å². The zero-order valence-corrected chi connectivity index (χ0v) is 15.6. The molecule has 7 heteroatoms. The van der Waals surface area contributed by atoms with Crippen LogP contribution in [-0.4, -0.2) is 22.2 Å². The number of phenolic OH excluding ortho intramolecular Hbond substituents is 1. The molecular formula is C15H13I2NO4. The Hall–Kier alpha value is -1.07. The maximum absolute atomic E-state index is 10.8. The Bertz CT molecular complexity index is 665. The molecule has 0 spiro atoms. The van der Waals surface area contributed by atoms with E-state index >= 15 is 0 Å². The molecule has 2 aromatic rings. The summed E-state index contributed by atoms with van der Waals surface area (Å²) in [6.07, 6.45) is 0.265. The first-order valence-electron chi connectivity index (χ1n) is 6.30. The van der Waals surface area contributed by atoms with Crippen LogP contribution in [0.3, 0.4) is 0 Å². The third kappa shape index (κ3) is 4.46. The number of nitrogens with two attached hydrogens (primary N) is 1. The topological polar surface area (TPSA) is 92.8 Å². The molecule has 1 atom stereocenters. The van der Waals surface area contributed by atoms with E-state index in [2.05, 4.69) is 45.2 Å². The molecule has 2 rings (SSSR count). The van der Waals surface area contributed by atoms with Crippen molar-refractivity contribution in [1.82, 2.24) is 0 Å². The fourth-order valence-electron chi connectivity index (χ4n) is 1.80. The van der Waals surface area contributed by atoms with Crippen molar-refractivity contribution in [3.63, 3.8) is 0 Å². The minimum absolute atomic E-state index is 0.176. The molecule has 0 aliphatic heterocycles. The molecular weight excluding hydrogens is 518 g/mol. The van der Waals surface area contributed by atoms with Crippen LogP contribution < -0.4 is 10.5 Å². The number of carbonyl (C=O) groups is 1. The molecule has 0 fully saturated rings. The molecule has 0 bridgehead atoms. The summed E-state index contributed by atoms with van der Waals surface area (Å²) in [6.45, 7) is 0. The van der Waals surface area contributed by atoms with E-state index in [0.29, 0.717) is 11.5 Å². The van der Waals surface area contributed by atoms with Gasteiger partial charge in [-0.1, -0.05) is 0 Å². The molecule has 0 amide bonds. The SMILES string of the molecule is N[C@@H](Cc1cc(I)c(O[13c]2[13cH][13cH][13c](O)[13cH][13cH]2)c(I)c1)C(=O)O. The van der Waals surface area contributed by atoms with E-state index in [1.165, 1.54) is 0 Å². The minimum Gasteiger partial charge on any atom is -0.508 e. The summed E-state index contributed by atoms with van der Waals surface area (Å²) in [6, 6.07) is 9.26. The highest BCUT2D eigenvalue weighted by molar-refractivity contribution is 14.1. The number of phenols is 1. The molecule has 0 aliphatic carbocycles. The smallest absolute Gasteiger partial charge is 0.320 e. The Labute approximate surface area is 154 Å². The number of carboxylic acids is 1. The molecule has 0 saturated heterocycles. The predicted octanol–water partition coefficient (Wildman–Crippen LogP) is 3.35. The number of halogens is 2. The molecule has 116 valence electrons. The highest BCUT2D eigenvalue weighted by atomic mass is 127. The van der Waals surface area contributed by atoms with Crippen LogP contribution in [0.1, 0.15) is 5.56 Å². The minimum atomic E-state index is -1.02. The highest BCUT2D eigenvalue weighted by Crippen LogP contribution is 2.33. The zero-order chi connectivity index (χ0) is 16.3. The van der Waals surface area contributed by atoms with E-state index in [4.69, 9.17) is 15.6 Å². The number of hydrogen-bond donors (Lipinski definition) is 3. The van der Waals surface area contributed by atoms with Crippen molar-refractivity contribution in [3.05, 3.63) is 49.1 Å². The van der Waals surface area contributed by atoms with Crippen LogP contribution in [-0.2, 0) is 11.2 Å². The first kappa shape index (κ1) is 17.3. The van der Waals surface area contributed by atoms with Crippen molar-refractivity contribution >= 4 is 51.2 Å². The van der Waals surface area contributed by atoms with Crippen LogP contribution in [0.4, 0.5) is 0 Å². The number of rotatable bonds is 5. The average Bonchev–Trinajstić information content (AvgIpc) is 2.44. The number of hydrogen-bond acceptors (Lipinski definition) is 4. The van der Waals surface area contributed by atoms with Crippen LogP contribution in [0.25, 0.3) is 0 Å². The summed E-state index contributed by atoms with van der Waals surface area (Å²) in [5.41, 5.74) is 6.41. The molecule has 0 saturated carbocycles. The molecule has 4 N–H and O–H groups in total. The largest absolute Gasteiger partial charge is 0.508 e. The van der Waals surface area contributed by atoms with E-state index < -0.39 is 12.0 Å². The molecule has 0 aliphatic rings. The van der Waals surface area contributed by atoms with Crippen LogP contribution in [0, 0.1) is 7.14 Å². The van der Waals surface area contributed by atoms with E-state index in [-0.39, 0.29) is 12.2 Å². The number of benzene rings is 2. The summed E-state index contributed by atoms with van der Waals surface area (Å²) >= 11 is 4.28. The van der Waals surface area contributed by atoms with Gasteiger partial charge in [-0.2, -0.15) is 0 Å². The lowest BCUT2D eigenvalue weighted by Gasteiger charge is -2.13. The number of aromatic hydroxyl groups is 1. The van der Waals surface area contributed by atoms with Gasteiger partial charge in [0.05, 0.1) is 7.14 Å². The fourth-order valence-corrected chi connectivity index (χ4v) is 3.92. The van der Waals surface area contributed by atoms with Crippen LogP contribution in [0.2, 0.25) is 0 Å². The van der Waals surface area contributed by atoms with Gasteiger partial charge in [0.25, 0.3) is 0 Å². The third-order valence-corrected chi connectivity index (χ3v) is 4.49. The van der Waals surface area contributed by atoms with Gasteiger partial charge in [-0.05, 0) is 93.6 Å². The highest BCUT2D eigenvalue weighted by Gasteiger charge is 2.15. The Morgan fingerprint density at radius 1 is 1.18 bits per heavy atom. The number of ether oxygens (including phenoxy) is 1. The molecule has 5 nitrogen and oxygen atoms in total. The van der Waals surface area contributed by atoms with Crippen molar-refractivity contribution in [1.29, 1.82) is 0 Å². The molecule has 0 aromatic heterocycles. The predicted molar refractivity (Wildman–Crippen MR) is 99.4 cm³/mol. The van der Waals surface area contributed by atoms with Gasteiger partial charge in [-0.3, -0.25) is 4.79 Å². The van der Waals surface area contributed by atoms with Crippen molar-refractivity contribution in [3.8, 4) is 17.2 Å². The van der Waals surface area contributed by atoms with Crippen LogP contribution in [0.5, 0.6) is 17.2 Å². The molecule has 0 unspecified atom stereocenters. The summed E-state index contributed by atoms with van der Waals surface area (Å²) in [4.78, 5) is 10.8. The zero-order valence-electron chi connectivity index (χ0n) is 11.3. The second kappa shape index (κ2) is 7.47. The second-order valence-corrected chi connectivity index (χ2v) is 6.96. The molecule has 0 radical (unpaired) electrons. The lowest BCUT2D eigenvalue weighted by atomic mass is 10.1. The fraction of sp³-hybridized carbons (Fsp3) is 0.133. The summed E-state index contributed by atoms with van der Waals surface area (Å²) < 4.78 is 7.56. The van der Waals surface area contributed by atoms with E-state index in [0.717, 1.165) is 12.7 Å². The molecule has 0 heterocycles. The Morgan fingerprint density at radius 3 is 2.23 bits per heavy atom. The standard InChI is InChI=1S/C15H13I2NO4/c16-11-5-8(7-13(18)15(20)21)6-12(17)14(11)22-10-3-1-9(19)2-4-10/h1-6,13,19H,7,18H2,(H,20,21)/t13-/m0/s1/i1+1,2+1,3+1,4+1,9+1,10+1. The van der Waals surface area contributed by atoms with Crippen molar-refractivity contribution in [2.24, 2.45) is 5.73 Å². The maximum Gasteiger partial charge on any atom is 0.320 e. The van der Waals surface area contributed by atoms with Gasteiger partial charge < -0.3 is 20.7 Å². The van der Waals surface area contributed by atoms with E-state index in [9.17, 15) is 9.90 Å². The number of carboxylic acid groups (broad SMARTS) is 1. The summed E-state index contributed by atoms with van der Waals surface area (Å²) in [7, 11) is 0. The lowest BCUT2D eigenvalue weighted by Crippen LogP contribution is -2.32. The monoisotopic (exact) mass is 531 g/mol.